The Bertz CT molecular complexity index is 387. The molecule has 0 heterocycles. The van der Waals surface area contributed by atoms with Crippen LogP contribution in [0.5, 0.6) is 0 Å². The van der Waals surface area contributed by atoms with Gasteiger partial charge in [0, 0.05) is 0 Å². The highest BCUT2D eigenvalue weighted by molar-refractivity contribution is 7.48. The smallest absolute Gasteiger partial charge is 0.287 e. The van der Waals surface area contributed by atoms with Crippen LogP contribution in [0.2, 0.25) is 0 Å². The van der Waals surface area contributed by atoms with Crippen molar-refractivity contribution in [1.29, 1.82) is 0 Å². The monoisotopic (exact) mass is 262 g/mol. The Kier molecular flexibility index (Phi) is 5.78. The number of phosphoric ester groups is 1. The average molecular weight is 262 g/mol. The van der Waals surface area contributed by atoms with Gasteiger partial charge in [-0.25, -0.2) is 8.96 Å². The second-order valence-corrected chi connectivity index (χ2v) is 4.86. The molecule has 0 spiro atoms. The maximum absolute atomic E-state index is 12.9. The number of hydrogen-bond acceptors (Lipinski definition) is 4. The first-order valence-electron chi connectivity index (χ1n) is 5.37. The molecule has 4 nitrogen and oxygen atoms in total. The number of halogens is 1. The summed E-state index contributed by atoms with van der Waals surface area (Å²) in [5.74, 6) is -0.367. The first kappa shape index (κ1) is 14.3. The van der Waals surface area contributed by atoms with E-state index in [1.54, 1.807) is 26.0 Å². The highest BCUT2D eigenvalue weighted by atomic mass is 31.2. The highest BCUT2D eigenvalue weighted by Crippen LogP contribution is 2.49. The van der Waals surface area contributed by atoms with E-state index >= 15 is 0 Å². The number of hydrogen-bond donors (Lipinski definition) is 0. The third kappa shape index (κ3) is 4.96. The lowest BCUT2D eigenvalue weighted by Gasteiger charge is -2.16. The van der Waals surface area contributed by atoms with Gasteiger partial charge in [0.1, 0.15) is 5.82 Å². The first-order valence-corrected chi connectivity index (χ1v) is 6.84. The summed E-state index contributed by atoms with van der Waals surface area (Å²) >= 11 is 0. The summed E-state index contributed by atoms with van der Waals surface area (Å²) < 4.78 is 39.8. The van der Waals surface area contributed by atoms with Crippen LogP contribution in [0.1, 0.15) is 19.4 Å². The second-order valence-electron chi connectivity index (χ2n) is 3.19. The molecule has 0 unspecified atom stereocenters. The topological polar surface area (TPSA) is 44.8 Å². The second kappa shape index (κ2) is 6.87. The van der Waals surface area contributed by atoms with Gasteiger partial charge in [0.25, 0.3) is 0 Å². The zero-order valence-electron chi connectivity index (χ0n) is 9.89. The van der Waals surface area contributed by atoms with Crippen molar-refractivity contribution in [3.63, 3.8) is 0 Å². The van der Waals surface area contributed by atoms with Crippen molar-refractivity contribution in [3.8, 4) is 0 Å². The zero-order chi connectivity index (χ0) is 12.7. The van der Waals surface area contributed by atoms with E-state index in [1.807, 2.05) is 0 Å². The Hall–Kier alpha value is -0.740. The van der Waals surface area contributed by atoms with Gasteiger partial charge >= 0.3 is 7.82 Å². The number of benzene rings is 1. The molecule has 0 atom stereocenters. The quantitative estimate of drug-likeness (QED) is 0.705. The van der Waals surface area contributed by atoms with Crippen molar-refractivity contribution in [2.75, 3.05) is 13.2 Å². The predicted molar refractivity (Wildman–Crippen MR) is 62.0 cm³/mol. The van der Waals surface area contributed by atoms with Gasteiger partial charge in [0.2, 0.25) is 0 Å². The van der Waals surface area contributed by atoms with Crippen molar-refractivity contribution in [1.82, 2.24) is 0 Å². The molecule has 0 aromatic heterocycles. The Morgan fingerprint density at radius 1 is 1.18 bits per heavy atom. The molecule has 1 rings (SSSR count). The van der Waals surface area contributed by atoms with E-state index in [1.165, 1.54) is 12.1 Å². The van der Waals surface area contributed by atoms with Gasteiger partial charge in [-0.1, -0.05) is 12.1 Å². The largest absolute Gasteiger partial charge is 0.475 e. The minimum Gasteiger partial charge on any atom is -0.287 e. The fourth-order valence-electron chi connectivity index (χ4n) is 1.21. The van der Waals surface area contributed by atoms with E-state index in [9.17, 15) is 8.96 Å². The van der Waals surface area contributed by atoms with E-state index in [0.29, 0.717) is 5.56 Å². The van der Waals surface area contributed by atoms with Gasteiger partial charge in [-0.3, -0.25) is 13.6 Å². The summed E-state index contributed by atoms with van der Waals surface area (Å²) in [5.41, 5.74) is 0.574. The van der Waals surface area contributed by atoms with Crippen molar-refractivity contribution < 1.29 is 22.5 Å². The lowest BCUT2D eigenvalue weighted by molar-refractivity contribution is 0.116. The van der Waals surface area contributed by atoms with Crippen LogP contribution >= 0.6 is 7.82 Å². The minimum absolute atomic E-state index is 0.0188. The third-order valence-corrected chi connectivity index (χ3v) is 3.45. The molecule has 1 aromatic carbocycles. The molecular weight excluding hydrogens is 246 g/mol. The van der Waals surface area contributed by atoms with Gasteiger partial charge in [-0.05, 0) is 31.5 Å². The van der Waals surface area contributed by atoms with E-state index in [0.717, 1.165) is 0 Å². The van der Waals surface area contributed by atoms with Crippen molar-refractivity contribution >= 4 is 7.82 Å². The molecule has 0 saturated heterocycles. The standard InChI is InChI=1S/C11H16FO4P/c1-3-14-17(13,15-4-2)16-9-10-6-5-7-11(12)8-10/h5-8H,3-4,9H2,1-2H3. The molecule has 0 aliphatic rings. The Labute approximate surface area is 100 Å². The van der Waals surface area contributed by atoms with Crippen LogP contribution in [0.3, 0.4) is 0 Å². The van der Waals surface area contributed by atoms with E-state index in [4.69, 9.17) is 13.6 Å². The molecule has 6 heteroatoms. The number of phosphoric acid groups is 1. The molecule has 0 radical (unpaired) electrons. The predicted octanol–water partition coefficient (Wildman–Crippen LogP) is 3.52. The maximum atomic E-state index is 12.9. The Morgan fingerprint density at radius 3 is 2.35 bits per heavy atom. The SMILES string of the molecule is CCOP(=O)(OCC)OCc1cccc(F)c1. The summed E-state index contributed by atoms with van der Waals surface area (Å²) in [5, 5.41) is 0. The van der Waals surface area contributed by atoms with Crippen LogP contribution in [0.25, 0.3) is 0 Å². The van der Waals surface area contributed by atoms with E-state index in [2.05, 4.69) is 0 Å². The summed E-state index contributed by atoms with van der Waals surface area (Å²) in [6, 6.07) is 5.86. The van der Waals surface area contributed by atoms with Gasteiger partial charge < -0.3 is 0 Å². The van der Waals surface area contributed by atoms with Gasteiger partial charge in [-0.15, -0.1) is 0 Å². The Morgan fingerprint density at radius 2 is 1.82 bits per heavy atom. The summed E-state index contributed by atoms with van der Waals surface area (Å²) in [4.78, 5) is 0. The molecule has 0 amide bonds. The maximum Gasteiger partial charge on any atom is 0.475 e. The summed E-state index contributed by atoms with van der Waals surface area (Å²) in [7, 11) is -3.52. The Balaban J connectivity index is 2.60. The fourth-order valence-corrected chi connectivity index (χ4v) is 2.37. The van der Waals surface area contributed by atoms with Crippen LogP contribution in [0, 0.1) is 5.82 Å². The summed E-state index contributed by atoms with van der Waals surface area (Å²) in [6.07, 6.45) is 0. The van der Waals surface area contributed by atoms with E-state index < -0.39 is 7.82 Å². The third-order valence-electron chi connectivity index (χ3n) is 1.85. The molecule has 0 aliphatic carbocycles. The molecule has 17 heavy (non-hydrogen) atoms. The highest BCUT2D eigenvalue weighted by Gasteiger charge is 2.25. The molecule has 0 N–H and O–H groups in total. The molecule has 0 fully saturated rings. The minimum atomic E-state index is -3.52. The first-order chi connectivity index (χ1) is 8.09. The van der Waals surface area contributed by atoms with E-state index in [-0.39, 0.29) is 25.6 Å². The van der Waals surface area contributed by atoms with Crippen molar-refractivity contribution in [2.24, 2.45) is 0 Å². The lowest BCUT2D eigenvalue weighted by atomic mass is 10.2. The van der Waals surface area contributed by atoms with Gasteiger partial charge in [-0.2, -0.15) is 0 Å². The molecule has 0 saturated carbocycles. The van der Waals surface area contributed by atoms with Crippen LogP contribution in [-0.2, 0) is 24.7 Å². The summed E-state index contributed by atoms with van der Waals surface area (Å²) in [6.45, 7) is 3.81. The van der Waals surface area contributed by atoms with Gasteiger partial charge in [0.05, 0.1) is 19.8 Å². The zero-order valence-corrected chi connectivity index (χ0v) is 10.8. The molecule has 1 aromatic rings. The van der Waals surface area contributed by atoms with Gasteiger partial charge in [0.15, 0.2) is 0 Å². The molecular formula is C11H16FO4P. The van der Waals surface area contributed by atoms with Crippen LogP contribution in [0.15, 0.2) is 24.3 Å². The van der Waals surface area contributed by atoms with Crippen LogP contribution < -0.4 is 0 Å². The lowest BCUT2D eigenvalue weighted by Crippen LogP contribution is -2.00. The molecule has 0 bridgehead atoms. The van der Waals surface area contributed by atoms with Crippen molar-refractivity contribution in [3.05, 3.63) is 35.6 Å². The molecule has 96 valence electrons. The molecule has 0 aliphatic heterocycles. The normalized spacial score (nSPS) is 11.7. The van der Waals surface area contributed by atoms with Crippen molar-refractivity contribution in [2.45, 2.75) is 20.5 Å². The van der Waals surface area contributed by atoms with Crippen LogP contribution in [-0.4, -0.2) is 13.2 Å². The van der Waals surface area contributed by atoms with Crippen LogP contribution in [0.4, 0.5) is 4.39 Å². The number of rotatable bonds is 7. The average Bonchev–Trinajstić information content (AvgIpc) is 2.27. The fraction of sp³-hybridized carbons (Fsp3) is 0.455.